The molecule has 2 aliphatic heterocycles. The van der Waals surface area contributed by atoms with Crippen LogP contribution in [0.5, 0.6) is 0 Å². The van der Waals surface area contributed by atoms with Crippen LogP contribution in [0.15, 0.2) is 24.4 Å². The van der Waals surface area contributed by atoms with Crippen LogP contribution in [-0.2, 0) is 13.0 Å². The molecule has 2 aromatic rings. The fourth-order valence-corrected chi connectivity index (χ4v) is 4.30. The van der Waals surface area contributed by atoms with Crippen LogP contribution in [0.3, 0.4) is 0 Å². The lowest BCUT2D eigenvalue weighted by Gasteiger charge is -2.30. The Labute approximate surface area is 193 Å². The molecule has 0 radical (unpaired) electrons. The summed E-state index contributed by atoms with van der Waals surface area (Å²) in [6.45, 7) is 2.60. The summed E-state index contributed by atoms with van der Waals surface area (Å²) in [5.74, 6) is -2.23. The summed E-state index contributed by atoms with van der Waals surface area (Å²) in [5.41, 5.74) is 1.85. The van der Waals surface area contributed by atoms with Gasteiger partial charge in [-0.05, 0) is 43.7 Å². The highest BCUT2D eigenvalue weighted by Crippen LogP contribution is 2.29. The van der Waals surface area contributed by atoms with E-state index in [0.717, 1.165) is 24.6 Å². The topological polar surface area (TPSA) is 73.4 Å². The number of anilines is 1. The van der Waals surface area contributed by atoms with Gasteiger partial charge < -0.3 is 20.4 Å². The number of benzene rings is 1. The van der Waals surface area contributed by atoms with E-state index in [9.17, 15) is 26.7 Å². The minimum atomic E-state index is -4.44. The first kappa shape index (κ1) is 24.1. The van der Waals surface area contributed by atoms with Crippen molar-refractivity contribution in [1.82, 2.24) is 25.1 Å². The summed E-state index contributed by atoms with van der Waals surface area (Å²) in [6.07, 6.45) is -2.49. The number of nitrogens with one attached hydrogen (secondary N) is 2. The number of rotatable bonds is 4. The lowest BCUT2D eigenvalue weighted by molar-refractivity contribution is -0.138. The van der Waals surface area contributed by atoms with Gasteiger partial charge in [-0.2, -0.15) is 13.2 Å². The number of alkyl halides is 3. The number of amides is 2. The van der Waals surface area contributed by atoms with E-state index in [1.807, 2.05) is 11.9 Å². The first-order chi connectivity index (χ1) is 16.0. The lowest BCUT2D eigenvalue weighted by atomic mass is 9.94. The maximum atomic E-state index is 13.8. The Kier molecular flexibility index (Phi) is 6.61. The van der Waals surface area contributed by atoms with E-state index < -0.39 is 23.9 Å². The third kappa shape index (κ3) is 5.21. The highest BCUT2D eigenvalue weighted by Gasteiger charge is 2.37. The van der Waals surface area contributed by atoms with E-state index in [1.54, 1.807) is 0 Å². The van der Waals surface area contributed by atoms with Crippen LogP contribution in [0.4, 0.5) is 32.7 Å². The number of fused-ring (bicyclic) bond motifs is 1. The Balaban J connectivity index is 1.44. The zero-order valence-electron chi connectivity index (χ0n) is 18.7. The second kappa shape index (κ2) is 9.32. The molecular formula is C22H25F5N6O. The second-order valence-corrected chi connectivity index (χ2v) is 8.80. The average Bonchev–Trinajstić information content (AvgIpc) is 3.14. The molecule has 1 saturated heterocycles. The fraction of sp³-hybridized carbons (Fsp3) is 0.500. The molecule has 0 unspecified atom stereocenters. The number of carbonyl (C=O) groups excluding carboxylic acids is 1. The fourth-order valence-electron chi connectivity index (χ4n) is 4.30. The Bertz CT molecular complexity index is 1060. The van der Waals surface area contributed by atoms with E-state index >= 15 is 0 Å². The van der Waals surface area contributed by atoms with Gasteiger partial charge in [0.1, 0.15) is 6.04 Å². The highest BCUT2D eigenvalue weighted by molar-refractivity contribution is 5.75. The highest BCUT2D eigenvalue weighted by atomic mass is 19.4. The standard InChI is InChI=1S/C22H25F5N6O/c1-12(22(25,26)27)29-20-28-8-14-5-6-33(11-18(14)30-20)21(34)31-19-10-32(2)9-15(19)13-3-4-16(23)17(24)7-13/h3-4,7-8,12,15,19H,5-6,9-11H2,1-2H3,(H,31,34)(H,28,29,30)/t12-,15-,19+/m0/s1. The van der Waals surface area contributed by atoms with Crippen molar-refractivity contribution in [3.63, 3.8) is 0 Å². The molecule has 184 valence electrons. The molecule has 1 aromatic carbocycles. The zero-order valence-corrected chi connectivity index (χ0v) is 18.7. The minimum absolute atomic E-state index is 0.122. The molecule has 2 N–H and O–H groups in total. The van der Waals surface area contributed by atoms with Crippen LogP contribution in [0.25, 0.3) is 0 Å². The first-order valence-electron chi connectivity index (χ1n) is 10.9. The number of nitrogens with zero attached hydrogens (tertiary/aromatic N) is 4. The SMILES string of the molecule is C[C@H](Nc1ncc2c(n1)CN(C(=O)N[C@@H]1CN(C)C[C@H]1c1ccc(F)c(F)c1)CC2)C(F)(F)F. The summed E-state index contributed by atoms with van der Waals surface area (Å²) >= 11 is 0. The van der Waals surface area contributed by atoms with Gasteiger partial charge in [0.05, 0.1) is 18.3 Å². The molecule has 3 atom stereocenters. The Hall–Kier alpha value is -3.02. The number of likely N-dealkylation sites (N-methyl/N-ethyl adjacent to an activating group) is 1. The van der Waals surface area contributed by atoms with Crippen molar-refractivity contribution >= 4 is 12.0 Å². The van der Waals surface area contributed by atoms with Gasteiger partial charge >= 0.3 is 12.2 Å². The number of carbonyl (C=O) groups is 1. The van der Waals surface area contributed by atoms with E-state index in [0.29, 0.717) is 37.3 Å². The molecule has 34 heavy (non-hydrogen) atoms. The van der Waals surface area contributed by atoms with Crippen molar-refractivity contribution in [2.45, 2.75) is 44.1 Å². The number of urea groups is 1. The van der Waals surface area contributed by atoms with Gasteiger partial charge in [0.2, 0.25) is 5.95 Å². The second-order valence-electron chi connectivity index (χ2n) is 8.80. The summed E-state index contributed by atoms with van der Waals surface area (Å²) in [5, 5.41) is 5.22. The van der Waals surface area contributed by atoms with Crippen LogP contribution >= 0.6 is 0 Å². The molecule has 12 heteroatoms. The number of aromatic nitrogens is 2. The summed E-state index contributed by atoms with van der Waals surface area (Å²) < 4.78 is 65.6. The van der Waals surface area contributed by atoms with Gasteiger partial charge in [-0.3, -0.25) is 0 Å². The van der Waals surface area contributed by atoms with Gasteiger partial charge in [-0.1, -0.05) is 6.07 Å². The van der Waals surface area contributed by atoms with Crippen LogP contribution < -0.4 is 10.6 Å². The van der Waals surface area contributed by atoms with E-state index in [1.165, 1.54) is 17.2 Å². The zero-order chi connectivity index (χ0) is 24.6. The third-order valence-corrected chi connectivity index (χ3v) is 6.25. The molecule has 2 amide bonds. The molecular weight excluding hydrogens is 459 g/mol. The predicted molar refractivity (Wildman–Crippen MR) is 114 cm³/mol. The van der Waals surface area contributed by atoms with E-state index in [4.69, 9.17) is 0 Å². The van der Waals surface area contributed by atoms with Crippen LogP contribution in [0.1, 0.15) is 29.7 Å². The predicted octanol–water partition coefficient (Wildman–Crippen LogP) is 3.28. The smallest absolute Gasteiger partial charge is 0.343 e. The molecule has 7 nitrogen and oxygen atoms in total. The molecule has 4 rings (SSSR count). The van der Waals surface area contributed by atoms with Crippen molar-refractivity contribution in [3.05, 3.63) is 52.9 Å². The van der Waals surface area contributed by atoms with Gasteiger partial charge in [0.25, 0.3) is 0 Å². The quantitative estimate of drug-likeness (QED) is 0.652. The summed E-state index contributed by atoms with van der Waals surface area (Å²) in [6, 6.07) is 1.26. The largest absolute Gasteiger partial charge is 0.408 e. The number of hydrogen-bond acceptors (Lipinski definition) is 5. The van der Waals surface area contributed by atoms with E-state index in [-0.39, 0.29) is 30.5 Å². The van der Waals surface area contributed by atoms with Gasteiger partial charge in [-0.25, -0.2) is 23.5 Å². The van der Waals surface area contributed by atoms with Gasteiger partial charge in [0.15, 0.2) is 11.6 Å². The minimum Gasteiger partial charge on any atom is -0.343 e. The molecule has 0 bridgehead atoms. The van der Waals surface area contributed by atoms with Gasteiger partial charge in [0, 0.05) is 31.7 Å². The maximum Gasteiger partial charge on any atom is 0.408 e. The van der Waals surface area contributed by atoms with Gasteiger partial charge in [-0.15, -0.1) is 0 Å². The monoisotopic (exact) mass is 484 g/mol. The molecule has 0 saturated carbocycles. The molecule has 2 aliphatic rings. The summed E-state index contributed by atoms with van der Waals surface area (Å²) in [7, 11) is 1.88. The van der Waals surface area contributed by atoms with Crippen molar-refractivity contribution in [1.29, 1.82) is 0 Å². The molecule has 1 fully saturated rings. The maximum absolute atomic E-state index is 13.8. The Morgan fingerprint density at radius 1 is 1.21 bits per heavy atom. The molecule has 1 aromatic heterocycles. The summed E-state index contributed by atoms with van der Waals surface area (Å²) in [4.78, 5) is 24.7. The van der Waals surface area contributed by atoms with Crippen molar-refractivity contribution < 1.29 is 26.7 Å². The Morgan fingerprint density at radius 3 is 2.68 bits per heavy atom. The number of hydrogen-bond donors (Lipinski definition) is 2. The number of halogens is 5. The van der Waals surface area contributed by atoms with Crippen LogP contribution in [0, 0.1) is 11.6 Å². The van der Waals surface area contributed by atoms with Crippen molar-refractivity contribution in [2.24, 2.45) is 0 Å². The third-order valence-electron chi connectivity index (χ3n) is 6.25. The van der Waals surface area contributed by atoms with Crippen LogP contribution in [-0.4, -0.2) is 70.7 Å². The molecule has 0 aliphatic carbocycles. The Morgan fingerprint density at radius 2 is 1.97 bits per heavy atom. The normalized spacial score (nSPS) is 21.8. The average molecular weight is 484 g/mol. The van der Waals surface area contributed by atoms with Crippen LogP contribution in [0.2, 0.25) is 0 Å². The molecule has 3 heterocycles. The van der Waals surface area contributed by atoms with Crippen molar-refractivity contribution in [2.75, 3.05) is 32.0 Å². The lowest BCUT2D eigenvalue weighted by Crippen LogP contribution is -2.49. The first-order valence-corrected chi connectivity index (χ1v) is 10.9. The van der Waals surface area contributed by atoms with E-state index in [2.05, 4.69) is 20.6 Å². The molecule has 0 spiro atoms. The van der Waals surface area contributed by atoms with Crippen molar-refractivity contribution in [3.8, 4) is 0 Å². The number of likely N-dealkylation sites (tertiary alicyclic amines) is 1.